The number of piperidine rings is 1. The Kier molecular flexibility index (Phi) is 3.22. The third-order valence-corrected chi connectivity index (χ3v) is 2.88. The maximum atomic E-state index is 9.35. The van der Waals surface area contributed by atoms with E-state index in [1.54, 1.807) is 6.26 Å². The summed E-state index contributed by atoms with van der Waals surface area (Å²) in [7, 11) is 0. The molecule has 78 valence electrons. The van der Waals surface area contributed by atoms with Crippen molar-refractivity contribution < 1.29 is 9.52 Å². The molecule has 0 saturated carbocycles. The first-order valence-electron chi connectivity index (χ1n) is 5.30. The molecule has 2 rings (SSSR count). The van der Waals surface area contributed by atoms with Crippen LogP contribution in [0.25, 0.3) is 0 Å². The van der Waals surface area contributed by atoms with Gasteiger partial charge in [0.1, 0.15) is 5.76 Å². The lowest BCUT2D eigenvalue weighted by molar-refractivity contribution is 0.0898. The highest BCUT2D eigenvalue weighted by molar-refractivity contribution is 5.05. The van der Waals surface area contributed by atoms with Crippen LogP contribution in [-0.2, 0) is 0 Å². The van der Waals surface area contributed by atoms with Crippen molar-refractivity contribution in [3.63, 3.8) is 0 Å². The Labute approximate surface area is 84.3 Å². The van der Waals surface area contributed by atoms with Gasteiger partial charge in [0.05, 0.1) is 18.9 Å². The number of nitrogens with zero attached hydrogens (tertiary/aromatic N) is 1. The standard InChI is InChI=1S/C11H17NO2/c13-9-10(11-5-4-8-14-11)12-6-2-1-3-7-12/h4-5,8,10,13H,1-3,6-7,9H2. The van der Waals surface area contributed by atoms with Crippen LogP contribution in [0.3, 0.4) is 0 Å². The van der Waals surface area contributed by atoms with E-state index in [0.29, 0.717) is 0 Å². The molecule has 1 atom stereocenters. The number of likely N-dealkylation sites (tertiary alicyclic amines) is 1. The lowest BCUT2D eigenvalue weighted by Gasteiger charge is -2.32. The third-order valence-electron chi connectivity index (χ3n) is 2.88. The van der Waals surface area contributed by atoms with Crippen LogP contribution >= 0.6 is 0 Å². The normalized spacial score (nSPS) is 20.9. The largest absolute Gasteiger partial charge is 0.468 e. The van der Waals surface area contributed by atoms with E-state index >= 15 is 0 Å². The van der Waals surface area contributed by atoms with Gasteiger partial charge in [-0.3, -0.25) is 4.90 Å². The van der Waals surface area contributed by atoms with Crippen LogP contribution < -0.4 is 0 Å². The molecule has 14 heavy (non-hydrogen) atoms. The van der Waals surface area contributed by atoms with Crippen LogP contribution in [0.4, 0.5) is 0 Å². The van der Waals surface area contributed by atoms with Crippen molar-refractivity contribution in [2.24, 2.45) is 0 Å². The van der Waals surface area contributed by atoms with E-state index in [2.05, 4.69) is 4.90 Å². The highest BCUT2D eigenvalue weighted by Crippen LogP contribution is 2.24. The minimum absolute atomic E-state index is 0.0605. The molecule has 1 aromatic heterocycles. The Balaban J connectivity index is 2.04. The fraction of sp³-hybridized carbons (Fsp3) is 0.636. The third kappa shape index (κ3) is 1.99. The highest BCUT2D eigenvalue weighted by atomic mass is 16.3. The summed E-state index contributed by atoms with van der Waals surface area (Å²) in [5, 5.41) is 9.35. The monoisotopic (exact) mass is 195 g/mol. The summed E-state index contributed by atoms with van der Waals surface area (Å²) in [6, 6.07) is 3.88. The molecule has 1 aliphatic heterocycles. The van der Waals surface area contributed by atoms with Gasteiger partial charge in [-0.1, -0.05) is 6.42 Å². The van der Waals surface area contributed by atoms with Gasteiger partial charge in [0, 0.05) is 0 Å². The SMILES string of the molecule is OCC(c1ccco1)N1CCCCC1. The average Bonchev–Trinajstić information content (AvgIpc) is 2.74. The molecule has 3 heteroatoms. The van der Waals surface area contributed by atoms with Gasteiger partial charge in [-0.25, -0.2) is 0 Å². The van der Waals surface area contributed by atoms with Crippen molar-refractivity contribution in [3.05, 3.63) is 24.2 Å². The molecule has 1 unspecified atom stereocenters. The Morgan fingerprint density at radius 1 is 1.36 bits per heavy atom. The summed E-state index contributed by atoms with van der Waals surface area (Å²) in [5.74, 6) is 0.884. The van der Waals surface area contributed by atoms with Crippen LogP contribution in [0.2, 0.25) is 0 Å². The molecule has 0 aromatic carbocycles. The summed E-state index contributed by atoms with van der Waals surface area (Å²) < 4.78 is 5.34. The lowest BCUT2D eigenvalue weighted by atomic mass is 10.1. The predicted octanol–water partition coefficient (Wildman–Crippen LogP) is 1.80. The van der Waals surface area contributed by atoms with E-state index in [1.807, 2.05) is 12.1 Å². The molecular weight excluding hydrogens is 178 g/mol. The number of hydrogen-bond acceptors (Lipinski definition) is 3. The molecule has 1 saturated heterocycles. The van der Waals surface area contributed by atoms with Crippen LogP contribution in [0.1, 0.15) is 31.1 Å². The molecule has 3 nitrogen and oxygen atoms in total. The number of furan rings is 1. The van der Waals surface area contributed by atoms with Gasteiger partial charge in [-0.05, 0) is 38.1 Å². The zero-order chi connectivity index (χ0) is 9.80. The summed E-state index contributed by atoms with van der Waals surface area (Å²) in [6.45, 7) is 2.30. The van der Waals surface area contributed by atoms with Crippen molar-refractivity contribution in [1.82, 2.24) is 4.90 Å². The first-order valence-corrected chi connectivity index (χ1v) is 5.30. The maximum absolute atomic E-state index is 9.35. The molecule has 0 radical (unpaired) electrons. The maximum Gasteiger partial charge on any atom is 0.123 e. The Morgan fingerprint density at radius 3 is 2.71 bits per heavy atom. The van der Waals surface area contributed by atoms with Crippen molar-refractivity contribution in [2.75, 3.05) is 19.7 Å². The fourth-order valence-corrected chi connectivity index (χ4v) is 2.10. The zero-order valence-electron chi connectivity index (χ0n) is 8.35. The van der Waals surface area contributed by atoms with Gasteiger partial charge in [0.2, 0.25) is 0 Å². The van der Waals surface area contributed by atoms with Crippen LogP contribution in [0.5, 0.6) is 0 Å². The molecule has 1 aliphatic rings. The van der Waals surface area contributed by atoms with Gasteiger partial charge in [0.25, 0.3) is 0 Å². The van der Waals surface area contributed by atoms with Crippen molar-refractivity contribution in [3.8, 4) is 0 Å². The van der Waals surface area contributed by atoms with E-state index in [4.69, 9.17) is 4.42 Å². The number of aliphatic hydroxyl groups excluding tert-OH is 1. The second kappa shape index (κ2) is 4.62. The van der Waals surface area contributed by atoms with Crippen LogP contribution in [-0.4, -0.2) is 29.7 Å². The first-order chi connectivity index (χ1) is 6.92. The summed E-state index contributed by atoms with van der Waals surface area (Å²) >= 11 is 0. The van der Waals surface area contributed by atoms with E-state index < -0.39 is 0 Å². The fourth-order valence-electron chi connectivity index (χ4n) is 2.10. The smallest absolute Gasteiger partial charge is 0.123 e. The summed E-state index contributed by atoms with van der Waals surface area (Å²) in [5.41, 5.74) is 0. The molecule has 0 bridgehead atoms. The van der Waals surface area contributed by atoms with Gasteiger partial charge in [0.15, 0.2) is 0 Å². The second-order valence-corrected chi connectivity index (χ2v) is 3.81. The topological polar surface area (TPSA) is 36.6 Å². The summed E-state index contributed by atoms with van der Waals surface area (Å²) in [6.07, 6.45) is 5.45. The van der Waals surface area contributed by atoms with Crippen molar-refractivity contribution in [1.29, 1.82) is 0 Å². The molecule has 1 fully saturated rings. The molecule has 0 aliphatic carbocycles. The minimum atomic E-state index is 0.0605. The molecule has 1 aromatic rings. The van der Waals surface area contributed by atoms with Gasteiger partial charge in [-0.15, -0.1) is 0 Å². The summed E-state index contributed by atoms with van der Waals surface area (Å²) in [4.78, 5) is 2.31. The Bertz CT molecular complexity index is 252. The Morgan fingerprint density at radius 2 is 2.14 bits per heavy atom. The highest BCUT2D eigenvalue weighted by Gasteiger charge is 2.23. The first kappa shape index (κ1) is 9.74. The van der Waals surface area contributed by atoms with Crippen molar-refractivity contribution >= 4 is 0 Å². The van der Waals surface area contributed by atoms with Gasteiger partial charge < -0.3 is 9.52 Å². The van der Waals surface area contributed by atoms with E-state index in [-0.39, 0.29) is 12.6 Å². The average molecular weight is 195 g/mol. The van der Waals surface area contributed by atoms with Gasteiger partial charge in [-0.2, -0.15) is 0 Å². The molecule has 1 N–H and O–H groups in total. The second-order valence-electron chi connectivity index (χ2n) is 3.81. The van der Waals surface area contributed by atoms with Crippen molar-refractivity contribution in [2.45, 2.75) is 25.3 Å². The minimum Gasteiger partial charge on any atom is -0.468 e. The van der Waals surface area contributed by atoms with Crippen LogP contribution in [0, 0.1) is 0 Å². The Hall–Kier alpha value is -0.800. The molecule has 0 spiro atoms. The molecule has 0 amide bonds. The lowest BCUT2D eigenvalue weighted by Crippen LogP contribution is -2.35. The number of hydrogen-bond donors (Lipinski definition) is 1. The number of aliphatic hydroxyl groups is 1. The number of rotatable bonds is 3. The molecular formula is C11H17NO2. The quantitative estimate of drug-likeness (QED) is 0.799. The van der Waals surface area contributed by atoms with Crippen LogP contribution in [0.15, 0.2) is 22.8 Å². The van der Waals surface area contributed by atoms with Gasteiger partial charge >= 0.3 is 0 Å². The van der Waals surface area contributed by atoms with E-state index in [1.165, 1.54) is 19.3 Å². The zero-order valence-corrected chi connectivity index (χ0v) is 8.35. The van der Waals surface area contributed by atoms with E-state index in [9.17, 15) is 5.11 Å². The predicted molar refractivity (Wildman–Crippen MR) is 54.0 cm³/mol. The molecule has 2 heterocycles. The van der Waals surface area contributed by atoms with E-state index in [0.717, 1.165) is 18.8 Å².